The molecule has 1 aliphatic rings. The average Bonchev–Trinajstić information content (AvgIpc) is 2.65. The fourth-order valence-electron chi connectivity index (χ4n) is 3.77. The molecule has 3 atom stereocenters. The third-order valence-electron chi connectivity index (χ3n) is 5.46. The molecule has 1 heterocycles. The number of carbonyl (C=O) groups excluding carboxylic acids is 1. The Kier molecular flexibility index (Phi) is 9.76. The minimum atomic E-state index is -0.351. The van der Waals surface area contributed by atoms with Gasteiger partial charge >= 0.3 is 5.97 Å². The van der Waals surface area contributed by atoms with Crippen LogP contribution in [0.2, 0.25) is 0 Å². The molecule has 26 heavy (non-hydrogen) atoms. The monoisotopic (exact) mass is 360 g/mol. The Bertz CT molecular complexity index is 499. The summed E-state index contributed by atoms with van der Waals surface area (Å²) in [6.07, 6.45) is 13.3. The number of unbranched alkanes of at least 4 members (excludes halogenated alkanes) is 8. The van der Waals surface area contributed by atoms with E-state index >= 15 is 0 Å². The van der Waals surface area contributed by atoms with Crippen molar-refractivity contribution in [2.45, 2.75) is 96.2 Å². The summed E-state index contributed by atoms with van der Waals surface area (Å²) in [5.41, 5.74) is 1.16. The Morgan fingerprint density at radius 1 is 0.962 bits per heavy atom. The lowest BCUT2D eigenvalue weighted by Crippen LogP contribution is -2.47. The molecule has 0 aromatic heterocycles. The van der Waals surface area contributed by atoms with Crippen LogP contribution < -0.4 is 0 Å². The van der Waals surface area contributed by atoms with Gasteiger partial charge in [0.2, 0.25) is 0 Å². The Hall–Kier alpha value is -1.35. The lowest BCUT2D eigenvalue weighted by molar-refractivity contribution is -0.187. The molecule has 146 valence electrons. The molecule has 1 fully saturated rings. The van der Waals surface area contributed by atoms with Crippen molar-refractivity contribution >= 4 is 5.97 Å². The lowest BCUT2D eigenvalue weighted by atomic mass is 9.86. The van der Waals surface area contributed by atoms with Gasteiger partial charge in [-0.2, -0.15) is 0 Å². The standard InChI is InChI=1S/C23H36O3/c1-2-3-4-5-6-7-8-9-13-16-20(24)18-22-21(23(25)26-22)17-19-14-11-10-12-15-19/h10-12,14-15,20-22,24H,2-9,13,16-18H2,1H3/t20-,21-,22-/m1/s1. The first-order chi connectivity index (χ1) is 12.7. The van der Waals surface area contributed by atoms with Crippen LogP contribution in [-0.4, -0.2) is 23.3 Å². The van der Waals surface area contributed by atoms with Crippen LogP contribution in [0, 0.1) is 5.92 Å². The molecule has 0 amide bonds. The maximum Gasteiger partial charge on any atom is 0.313 e. The van der Waals surface area contributed by atoms with Crippen molar-refractivity contribution in [3.8, 4) is 0 Å². The van der Waals surface area contributed by atoms with Crippen molar-refractivity contribution in [1.29, 1.82) is 0 Å². The zero-order chi connectivity index (χ0) is 18.6. The number of ether oxygens (including phenoxy) is 1. The molecular weight excluding hydrogens is 324 g/mol. The van der Waals surface area contributed by atoms with Crippen LogP contribution in [0.5, 0.6) is 0 Å². The third kappa shape index (κ3) is 7.49. The largest absolute Gasteiger partial charge is 0.461 e. The van der Waals surface area contributed by atoms with E-state index in [0.717, 1.165) is 24.8 Å². The summed E-state index contributed by atoms with van der Waals surface area (Å²) in [5.74, 6) is -0.204. The van der Waals surface area contributed by atoms with Gasteiger partial charge in [-0.05, 0) is 18.4 Å². The van der Waals surface area contributed by atoms with E-state index in [1.807, 2.05) is 30.3 Å². The molecule has 1 aliphatic heterocycles. The van der Waals surface area contributed by atoms with Crippen LogP contribution in [0.3, 0.4) is 0 Å². The maximum atomic E-state index is 11.7. The minimum absolute atomic E-state index is 0.0878. The van der Waals surface area contributed by atoms with Crippen LogP contribution in [-0.2, 0) is 16.0 Å². The molecule has 0 spiro atoms. The third-order valence-corrected chi connectivity index (χ3v) is 5.46. The highest BCUT2D eigenvalue weighted by Crippen LogP contribution is 2.30. The number of hydrogen-bond donors (Lipinski definition) is 1. The quantitative estimate of drug-likeness (QED) is 0.355. The van der Waals surface area contributed by atoms with Crippen LogP contribution in [0.1, 0.15) is 83.1 Å². The minimum Gasteiger partial charge on any atom is -0.461 e. The highest BCUT2D eigenvalue weighted by molar-refractivity contribution is 5.78. The number of esters is 1. The second-order valence-electron chi connectivity index (χ2n) is 7.78. The molecule has 2 rings (SSSR count). The van der Waals surface area contributed by atoms with E-state index in [1.165, 1.54) is 51.4 Å². The molecule has 0 bridgehead atoms. The SMILES string of the molecule is CCCCCCCCCCC[C@@H](O)C[C@H]1OC(=O)[C@@H]1Cc1ccccc1. The lowest BCUT2D eigenvalue weighted by Gasteiger charge is -2.36. The van der Waals surface area contributed by atoms with Crippen molar-refractivity contribution < 1.29 is 14.6 Å². The van der Waals surface area contributed by atoms with E-state index in [4.69, 9.17) is 4.74 Å². The van der Waals surface area contributed by atoms with Gasteiger partial charge in [0.05, 0.1) is 12.0 Å². The fraction of sp³-hybridized carbons (Fsp3) is 0.696. The first-order valence-electron chi connectivity index (χ1n) is 10.6. The first kappa shape index (κ1) is 21.0. The summed E-state index contributed by atoms with van der Waals surface area (Å²) in [5, 5.41) is 10.3. The Morgan fingerprint density at radius 2 is 1.58 bits per heavy atom. The highest BCUT2D eigenvalue weighted by atomic mass is 16.6. The van der Waals surface area contributed by atoms with Gasteiger partial charge in [-0.3, -0.25) is 4.79 Å². The Morgan fingerprint density at radius 3 is 2.19 bits per heavy atom. The highest BCUT2D eigenvalue weighted by Gasteiger charge is 2.42. The maximum absolute atomic E-state index is 11.7. The number of hydrogen-bond acceptors (Lipinski definition) is 3. The van der Waals surface area contributed by atoms with Crippen molar-refractivity contribution in [3.05, 3.63) is 35.9 Å². The second kappa shape index (κ2) is 12.1. The van der Waals surface area contributed by atoms with Crippen molar-refractivity contribution in [2.24, 2.45) is 5.92 Å². The zero-order valence-electron chi connectivity index (χ0n) is 16.4. The molecule has 1 aromatic rings. The van der Waals surface area contributed by atoms with E-state index in [9.17, 15) is 9.90 Å². The summed E-state index contributed by atoms with van der Waals surface area (Å²) >= 11 is 0. The van der Waals surface area contributed by atoms with Gasteiger partial charge in [-0.1, -0.05) is 95.0 Å². The molecule has 3 nitrogen and oxygen atoms in total. The predicted octanol–water partition coefficient (Wildman–Crippen LogP) is 5.44. The summed E-state index contributed by atoms with van der Waals surface area (Å²) < 4.78 is 5.29. The molecule has 0 saturated carbocycles. The zero-order valence-corrected chi connectivity index (χ0v) is 16.4. The van der Waals surface area contributed by atoms with Crippen LogP contribution in [0.25, 0.3) is 0 Å². The second-order valence-corrected chi connectivity index (χ2v) is 7.78. The topological polar surface area (TPSA) is 46.5 Å². The summed E-state index contributed by atoms with van der Waals surface area (Å²) in [4.78, 5) is 11.7. The van der Waals surface area contributed by atoms with Crippen molar-refractivity contribution in [1.82, 2.24) is 0 Å². The van der Waals surface area contributed by atoms with E-state index in [2.05, 4.69) is 6.92 Å². The Balaban J connectivity index is 1.53. The molecule has 1 saturated heterocycles. The number of carbonyl (C=O) groups is 1. The van der Waals surface area contributed by atoms with Gasteiger partial charge < -0.3 is 9.84 Å². The Labute approximate surface area is 159 Å². The van der Waals surface area contributed by atoms with Crippen molar-refractivity contribution in [3.63, 3.8) is 0 Å². The van der Waals surface area contributed by atoms with Crippen LogP contribution in [0.4, 0.5) is 0 Å². The molecular formula is C23H36O3. The molecule has 0 aliphatic carbocycles. The average molecular weight is 361 g/mol. The van der Waals surface area contributed by atoms with Crippen LogP contribution in [0.15, 0.2) is 30.3 Å². The summed E-state index contributed by atoms with van der Waals surface area (Å²) in [6.45, 7) is 2.25. The summed E-state index contributed by atoms with van der Waals surface area (Å²) in [6, 6.07) is 10.1. The van der Waals surface area contributed by atoms with Crippen molar-refractivity contribution in [2.75, 3.05) is 0 Å². The number of cyclic esters (lactones) is 1. The van der Waals surface area contributed by atoms with Gasteiger partial charge in [0.15, 0.2) is 0 Å². The molecule has 3 heteroatoms. The first-order valence-corrected chi connectivity index (χ1v) is 10.6. The van der Waals surface area contributed by atoms with Gasteiger partial charge in [-0.15, -0.1) is 0 Å². The van der Waals surface area contributed by atoms with E-state index < -0.39 is 0 Å². The van der Waals surface area contributed by atoms with Gasteiger partial charge in [0, 0.05) is 6.42 Å². The number of benzene rings is 1. The number of rotatable bonds is 14. The van der Waals surface area contributed by atoms with Gasteiger partial charge in [0.1, 0.15) is 6.10 Å². The van der Waals surface area contributed by atoms with E-state index in [1.54, 1.807) is 0 Å². The molecule has 0 unspecified atom stereocenters. The normalized spacial score (nSPS) is 20.5. The van der Waals surface area contributed by atoms with Crippen LogP contribution >= 0.6 is 0 Å². The number of aliphatic hydroxyl groups is 1. The van der Waals surface area contributed by atoms with E-state index in [-0.39, 0.29) is 24.1 Å². The summed E-state index contributed by atoms with van der Waals surface area (Å²) in [7, 11) is 0. The molecule has 1 N–H and O–H groups in total. The number of aliphatic hydroxyl groups excluding tert-OH is 1. The smallest absolute Gasteiger partial charge is 0.313 e. The molecule has 1 aromatic carbocycles. The van der Waals surface area contributed by atoms with Gasteiger partial charge in [0.25, 0.3) is 0 Å². The van der Waals surface area contributed by atoms with Gasteiger partial charge in [-0.25, -0.2) is 0 Å². The van der Waals surface area contributed by atoms with E-state index in [0.29, 0.717) is 6.42 Å². The predicted molar refractivity (Wildman–Crippen MR) is 106 cm³/mol. The fourth-order valence-corrected chi connectivity index (χ4v) is 3.77. The molecule has 0 radical (unpaired) electrons.